The van der Waals surface area contributed by atoms with E-state index >= 15 is 0 Å². The molecule has 0 aliphatic carbocycles. The minimum atomic E-state index is 0. The lowest BCUT2D eigenvalue weighted by molar-refractivity contribution is 0.0703. The van der Waals surface area contributed by atoms with Gasteiger partial charge in [-0.1, -0.05) is 13.3 Å². The highest BCUT2D eigenvalue weighted by Crippen LogP contribution is 2.17. The molecule has 4 nitrogen and oxygen atoms in total. The Balaban J connectivity index is 0.00000242. The van der Waals surface area contributed by atoms with E-state index in [4.69, 9.17) is 4.74 Å². The number of benzene rings is 1. The number of nitrogens with one attached hydrogen (secondary N) is 1. The number of rotatable bonds is 6. The smallest absolute Gasteiger partial charge is 0.253 e. The first-order valence-electron chi connectivity index (χ1n) is 7.93. The van der Waals surface area contributed by atoms with Crippen LogP contribution >= 0.6 is 12.4 Å². The van der Waals surface area contributed by atoms with Gasteiger partial charge in [0, 0.05) is 18.7 Å². The number of halogens is 1. The summed E-state index contributed by atoms with van der Waals surface area (Å²) in [6.45, 7) is 4.86. The Kier molecular flexibility index (Phi) is 8.28. The van der Waals surface area contributed by atoms with Crippen molar-refractivity contribution in [1.82, 2.24) is 10.2 Å². The number of hydrogen-bond acceptors (Lipinski definition) is 3. The third kappa shape index (κ3) is 5.18. The Morgan fingerprint density at radius 1 is 1.27 bits per heavy atom. The van der Waals surface area contributed by atoms with Gasteiger partial charge in [-0.05, 0) is 56.6 Å². The number of carbonyl (C=O) groups excluding carboxylic acids is 1. The zero-order chi connectivity index (χ0) is 15.1. The lowest BCUT2D eigenvalue weighted by atomic mass is 10.0. The summed E-state index contributed by atoms with van der Waals surface area (Å²) < 4.78 is 5.62. The molecule has 0 spiro atoms. The van der Waals surface area contributed by atoms with Gasteiger partial charge in [0.05, 0.1) is 6.61 Å². The summed E-state index contributed by atoms with van der Waals surface area (Å²) in [5.74, 6) is 0.937. The van der Waals surface area contributed by atoms with Gasteiger partial charge in [-0.15, -0.1) is 12.4 Å². The fourth-order valence-electron chi connectivity index (χ4n) is 2.59. The third-order valence-corrected chi connectivity index (χ3v) is 4.04. The van der Waals surface area contributed by atoms with Crippen molar-refractivity contribution in [3.8, 4) is 5.75 Å². The Bertz CT molecular complexity index is 444. The van der Waals surface area contributed by atoms with Gasteiger partial charge in [0.15, 0.2) is 0 Å². The summed E-state index contributed by atoms with van der Waals surface area (Å²) in [5, 5.41) is 3.33. The van der Waals surface area contributed by atoms with Crippen LogP contribution in [0.5, 0.6) is 5.75 Å². The monoisotopic (exact) mass is 326 g/mol. The van der Waals surface area contributed by atoms with Gasteiger partial charge in [0.25, 0.3) is 5.91 Å². The first kappa shape index (κ1) is 18.8. The topological polar surface area (TPSA) is 41.6 Å². The van der Waals surface area contributed by atoms with Crippen LogP contribution in [0.3, 0.4) is 0 Å². The van der Waals surface area contributed by atoms with Crippen LogP contribution in [0.1, 0.15) is 43.0 Å². The zero-order valence-corrected chi connectivity index (χ0v) is 14.3. The van der Waals surface area contributed by atoms with Gasteiger partial charge in [0.2, 0.25) is 0 Å². The van der Waals surface area contributed by atoms with E-state index in [0.717, 1.165) is 56.7 Å². The highest BCUT2D eigenvalue weighted by Gasteiger charge is 2.22. The third-order valence-electron chi connectivity index (χ3n) is 4.04. The molecule has 1 heterocycles. The van der Waals surface area contributed by atoms with Crippen molar-refractivity contribution >= 4 is 18.3 Å². The fourth-order valence-corrected chi connectivity index (χ4v) is 2.59. The van der Waals surface area contributed by atoms with Crippen molar-refractivity contribution in [2.24, 2.45) is 0 Å². The lowest BCUT2D eigenvalue weighted by Crippen LogP contribution is -2.43. The Labute approximate surface area is 139 Å². The van der Waals surface area contributed by atoms with Crippen LogP contribution in [0.15, 0.2) is 24.3 Å². The van der Waals surface area contributed by atoms with E-state index in [0.29, 0.717) is 6.04 Å². The standard InChI is InChI=1S/C17H26N2O2.ClH/c1-3-4-13-21-16-7-5-14(6-8-16)17(20)19(2)15-9-11-18-12-10-15;/h5-8,15,18H,3-4,9-13H2,1-2H3;1H. The molecule has 0 atom stereocenters. The van der Waals surface area contributed by atoms with E-state index in [1.807, 2.05) is 36.2 Å². The van der Waals surface area contributed by atoms with Crippen molar-refractivity contribution in [3.63, 3.8) is 0 Å². The summed E-state index contributed by atoms with van der Waals surface area (Å²) in [6, 6.07) is 7.85. The van der Waals surface area contributed by atoms with Crippen molar-refractivity contribution in [3.05, 3.63) is 29.8 Å². The second kappa shape index (κ2) is 9.70. The minimum Gasteiger partial charge on any atom is -0.494 e. The minimum absolute atomic E-state index is 0. The van der Waals surface area contributed by atoms with Crippen LogP contribution in [0.4, 0.5) is 0 Å². The van der Waals surface area contributed by atoms with Gasteiger partial charge in [0.1, 0.15) is 5.75 Å². The molecule has 22 heavy (non-hydrogen) atoms. The van der Waals surface area contributed by atoms with Gasteiger partial charge in [-0.2, -0.15) is 0 Å². The SMILES string of the molecule is CCCCOc1ccc(C(=O)N(C)C2CCNCC2)cc1.Cl. The normalized spacial score (nSPS) is 15.0. The van der Waals surface area contributed by atoms with Gasteiger partial charge in [-0.25, -0.2) is 0 Å². The molecule has 1 saturated heterocycles. The molecule has 0 aromatic heterocycles. The lowest BCUT2D eigenvalue weighted by Gasteiger charge is -2.31. The van der Waals surface area contributed by atoms with E-state index in [1.54, 1.807) is 0 Å². The molecular formula is C17H27ClN2O2. The van der Waals surface area contributed by atoms with Crippen molar-refractivity contribution in [2.45, 2.75) is 38.6 Å². The molecule has 0 radical (unpaired) electrons. The first-order chi connectivity index (χ1) is 10.2. The predicted octanol–water partition coefficient (Wildman–Crippen LogP) is 3.11. The van der Waals surface area contributed by atoms with E-state index < -0.39 is 0 Å². The maximum atomic E-state index is 12.5. The number of amides is 1. The zero-order valence-electron chi connectivity index (χ0n) is 13.5. The van der Waals surface area contributed by atoms with Crippen LogP contribution in [-0.4, -0.2) is 43.6 Å². The maximum Gasteiger partial charge on any atom is 0.253 e. The molecule has 1 aliphatic heterocycles. The molecule has 2 rings (SSSR count). The van der Waals surface area contributed by atoms with Gasteiger partial charge < -0.3 is 15.0 Å². The highest BCUT2D eigenvalue weighted by molar-refractivity contribution is 5.94. The Morgan fingerprint density at radius 2 is 1.91 bits per heavy atom. The quantitative estimate of drug-likeness (QED) is 0.817. The fraction of sp³-hybridized carbons (Fsp3) is 0.588. The largest absolute Gasteiger partial charge is 0.494 e. The molecular weight excluding hydrogens is 300 g/mol. The number of carbonyl (C=O) groups is 1. The molecule has 124 valence electrons. The van der Waals surface area contributed by atoms with Crippen molar-refractivity contribution < 1.29 is 9.53 Å². The number of ether oxygens (including phenoxy) is 1. The summed E-state index contributed by atoms with van der Waals surface area (Å²) in [7, 11) is 1.91. The first-order valence-corrected chi connectivity index (χ1v) is 7.93. The molecule has 0 unspecified atom stereocenters. The van der Waals surface area contributed by atoms with Gasteiger partial charge >= 0.3 is 0 Å². The molecule has 0 saturated carbocycles. The summed E-state index contributed by atoms with van der Waals surface area (Å²) >= 11 is 0. The predicted molar refractivity (Wildman–Crippen MR) is 92.1 cm³/mol. The number of nitrogens with zero attached hydrogens (tertiary/aromatic N) is 1. The average Bonchev–Trinajstić information content (AvgIpc) is 2.55. The molecule has 1 aliphatic rings. The molecule has 1 amide bonds. The van der Waals surface area contributed by atoms with Crippen molar-refractivity contribution in [2.75, 3.05) is 26.7 Å². The van der Waals surface area contributed by atoms with Gasteiger partial charge in [-0.3, -0.25) is 4.79 Å². The molecule has 1 aromatic carbocycles. The summed E-state index contributed by atoms with van der Waals surface area (Å²) in [4.78, 5) is 14.4. The number of piperidine rings is 1. The highest BCUT2D eigenvalue weighted by atomic mass is 35.5. The van der Waals surface area contributed by atoms with Crippen LogP contribution < -0.4 is 10.1 Å². The van der Waals surface area contributed by atoms with Crippen LogP contribution in [0.2, 0.25) is 0 Å². The molecule has 0 bridgehead atoms. The van der Waals surface area contributed by atoms with Crippen molar-refractivity contribution in [1.29, 1.82) is 0 Å². The number of unbranched alkanes of at least 4 members (excludes halogenated alkanes) is 1. The average molecular weight is 327 g/mol. The van der Waals surface area contributed by atoms with Crippen LogP contribution in [0.25, 0.3) is 0 Å². The van der Waals surface area contributed by atoms with E-state index in [-0.39, 0.29) is 18.3 Å². The maximum absolute atomic E-state index is 12.5. The molecule has 1 N–H and O–H groups in total. The Morgan fingerprint density at radius 3 is 2.50 bits per heavy atom. The molecule has 1 fully saturated rings. The molecule has 5 heteroatoms. The summed E-state index contributed by atoms with van der Waals surface area (Å²) in [5.41, 5.74) is 0.735. The number of hydrogen-bond donors (Lipinski definition) is 1. The summed E-state index contributed by atoms with van der Waals surface area (Å²) in [6.07, 6.45) is 4.23. The van der Waals surface area contributed by atoms with Crippen LogP contribution in [-0.2, 0) is 0 Å². The second-order valence-corrected chi connectivity index (χ2v) is 5.62. The van der Waals surface area contributed by atoms with E-state index in [1.165, 1.54) is 0 Å². The molecule has 1 aromatic rings. The van der Waals surface area contributed by atoms with E-state index in [2.05, 4.69) is 12.2 Å². The van der Waals surface area contributed by atoms with E-state index in [9.17, 15) is 4.79 Å². The Hall–Kier alpha value is -1.26. The van der Waals surface area contributed by atoms with Crippen LogP contribution in [0, 0.1) is 0 Å². The second-order valence-electron chi connectivity index (χ2n) is 5.62.